The Morgan fingerprint density at radius 3 is 2.76 bits per heavy atom. The fraction of sp³-hybridized carbons (Fsp3) is 0.269. The molecule has 1 atom stereocenters. The molecular weight excluding hydrogens is 446 g/mol. The number of aromatic nitrogens is 3. The van der Waals surface area contributed by atoms with E-state index in [0.29, 0.717) is 24.0 Å². The predicted octanol–water partition coefficient (Wildman–Crippen LogP) is 5.13. The second-order valence-corrected chi connectivity index (χ2v) is 9.22. The highest BCUT2D eigenvalue weighted by Gasteiger charge is 2.28. The summed E-state index contributed by atoms with van der Waals surface area (Å²) in [5.41, 5.74) is 5.05. The molecule has 174 valence electrons. The first-order valence-corrected chi connectivity index (χ1v) is 12.2. The Hall–Kier alpha value is -3.49. The zero-order valence-electron chi connectivity index (χ0n) is 19.1. The molecule has 1 amide bonds. The average Bonchev–Trinajstić information content (AvgIpc) is 3.61. The molecule has 0 radical (unpaired) electrons. The zero-order valence-corrected chi connectivity index (χ0v) is 19.9. The summed E-state index contributed by atoms with van der Waals surface area (Å²) in [7, 11) is 1.71. The average molecular weight is 474 g/mol. The molecular formula is C26H27N5O2S. The molecule has 1 N–H and O–H groups in total. The van der Waals surface area contributed by atoms with Gasteiger partial charge in [-0.15, -0.1) is 11.3 Å². The number of nitrogens with zero attached hydrogens (tertiary/aromatic N) is 4. The molecule has 5 rings (SSSR count). The Morgan fingerprint density at radius 2 is 1.97 bits per heavy atom. The summed E-state index contributed by atoms with van der Waals surface area (Å²) in [6.45, 7) is 2.22. The molecule has 1 saturated heterocycles. The van der Waals surface area contributed by atoms with Gasteiger partial charge < -0.3 is 14.2 Å². The van der Waals surface area contributed by atoms with Crippen LogP contribution in [0.4, 0.5) is 10.8 Å². The summed E-state index contributed by atoms with van der Waals surface area (Å²) in [6, 6.07) is 16.4. The van der Waals surface area contributed by atoms with Gasteiger partial charge in [0.25, 0.3) is 5.91 Å². The van der Waals surface area contributed by atoms with Crippen LogP contribution in [0.5, 0.6) is 0 Å². The highest BCUT2D eigenvalue weighted by atomic mass is 32.1. The summed E-state index contributed by atoms with van der Waals surface area (Å²) in [6.07, 6.45) is 7.60. The molecule has 4 heterocycles. The van der Waals surface area contributed by atoms with Gasteiger partial charge in [-0.2, -0.15) is 0 Å². The summed E-state index contributed by atoms with van der Waals surface area (Å²) >= 11 is 1.47. The Balaban J connectivity index is 1.27. The molecule has 1 aliphatic heterocycles. The third-order valence-corrected chi connectivity index (χ3v) is 6.86. The number of pyridine rings is 1. The second kappa shape index (κ2) is 10.2. The smallest absolute Gasteiger partial charge is 0.274 e. The molecule has 34 heavy (non-hydrogen) atoms. The molecule has 0 aliphatic carbocycles. The van der Waals surface area contributed by atoms with Gasteiger partial charge in [0.2, 0.25) is 0 Å². The Bertz CT molecular complexity index is 1240. The van der Waals surface area contributed by atoms with Crippen LogP contribution in [0.25, 0.3) is 0 Å². The first-order chi connectivity index (χ1) is 16.7. The molecule has 1 fully saturated rings. The minimum atomic E-state index is -0.156. The van der Waals surface area contributed by atoms with Crippen molar-refractivity contribution < 1.29 is 9.53 Å². The van der Waals surface area contributed by atoms with Gasteiger partial charge in [-0.25, -0.2) is 4.98 Å². The predicted molar refractivity (Wildman–Crippen MR) is 134 cm³/mol. The number of rotatable bonds is 8. The zero-order chi connectivity index (χ0) is 23.3. The van der Waals surface area contributed by atoms with E-state index in [-0.39, 0.29) is 11.9 Å². The molecule has 1 aliphatic rings. The second-order valence-electron chi connectivity index (χ2n) is 8.36. The monoisotopic (exact) mass is 473 g/mol. The van der Waals surface area contributed by atoms with Crippen molar-refractivity contribution in [2.45, 2.75) is 32.0 Å². The molecule has 1 aromatic carbocycles. The lowest BCUT2D eigenvalue weighted by atomic mass is 10.1. The summed E-state index contributed by atoms with van der Waals surface area (Å²) < 4.78 is 7.16. The van der Waals surface area contributed by atoms with E-state index >= 15 is 0 Å². The fourth-order valence-corrected chi connectivity index (χ4v) is 5.19. The molecule has 0 saturated carbocycles. The van der Waals surface area contributed by atoms with E-state index < -0.39 is 0 Å². The van der Waals surface area contributed by atoms with E-state index in [1.165, 1.54) is 17.0 Å². The van der Waals surface area contributed by atoms with Crippen molar-refractivity contribution >= 4 is 28.1 Å². The molecule has 7 nitrogen and oxygen atoms in total. The van der Waals surface area contributed by atoms with E-state index in [1.807, 2.05) is 35.0 Å². The quantitative estimate of drug-likeness (QED) is 0.384. The third-order valence-electron chi connectivity index (χ3n) is 6.08. The van der Waals surface area contributed by atoms with Crippen LogP contribution in [0.2, 0.25) is 0 Å². The topological polar surface area (TPSA) is 72.3 Å². The number of ether oxygens (including phenoxy) is 1. The molecule has 4 aromatic rings. The van der Waals surface area contributed by atoms with Crippen molar-refractivity contribution in [1.82, 2.24) is 14.5 Å². The van der Waals surface area contributed by atoms with Crippen molar-refractivity contribution in [2.75, 3.05) is 23.9 Å². The van der Waals surface area contributed by atoms with E-state index in [0.717, 1.165) is 36.2 Å². The number of hydrogen-bond acceptors (Lipinski definition) is 6. The van der Waals surface area contributed by atoms with Crippen molar-refractivity contribution in [3.63, 3.8) is 0 Å². The molecule has 0 spiro atoms. The van der Waals surface area contributed by atoms with Crippen molar-refractivity contribution in [3.8, 4) is 0 Å². The van der Waals surface area contributed by atoms with Crippen LogP contribution >= 0.6 is 11.3 Å². The number of carbonyl (C=O) groups is 1. The van der Waals surface area contributed by atoms with Crippen LogP contribution in [-0.4, -0.2) is 34.1 Å². The Labute approximate surface area is 203 Å². The van der Waals surface area contributed by atoms with Gasteiger partial charge in [0.15, 0.2) is 5.13 Å². The maximum atomic E-state index is 13.0. The van der Waals surface area contributed by atoms with Gasteiger partial charge in [0, 0.05) is 49.9 Å². The van der Waals surface area contributed by atoms with E-state index in [4.69, 9.17) is 9.72 Å². The Kier molecular flexibility index (Phi) is 6.69. The molecule has 0 bridgehead atoms. The first-order valence-electron chi connectivity index (χ1n) is 11.4. The SMILES string of the molecule is COCc1ccc(N2CCCC2c2csc(NC(=O)c3cccn3Cc3ccncc3)n2)cc1. The lowest BCUT2D eigenvalue weighted by Crippen LogP contribution is -2.23. The number of benzene rings is 1. The van der Waals surface area contributed by atoms with Gasteiger partial charge in [0.1, 0.15) is 5.69 Å². The third kappa shape index (κ3) is 4.88. The number of methoxy groups -OCH3 is 1. The van der Waals surface area contributed by atoms with Crippen molar-refractivity contribution in [1.29, 1.82) is 0 Å². The maximum absolute atomic E-state index is 13.0. The summed E-state index contributed by atoms with van der Waals surface area (Å²) in [5.74, 6) is -0.156. The highest BCUT2D eigenvalue weighted by Crippen LogP contribution is 2.37. The van der Waals surface area contributed by atoms with Crippen LogP contribution in [0.1, 0.15) is 46.2 Å². The van der Waals surface area contributed by atoms with Crippen LogP contribution < -0.4 is 10.2 Å². The number of thiazole rings is 1. The van der Waals surface area contributed by atoms with Crippen LogP contribution in [0.3, 0.4) is 0 Å². The Morgan fingerprint density at radius 1 is 1.15 bits per heavy atom. The van der Waals surface area contributed by atoms with Crippen molar-refractivity contribution in [3.05, 3.63) is 95.0 Å². The van der Waals surface area contributed by atoms with Crippen LogP contribution in [0.15, 0.2) is 72.5 Å². The lowest BCUT2D eigenvalue weighted by molar-refractivity contribution is 0.101. The number of amides is 1. The summed E-state index contributed by atoms with van der Waals surface area (Å²) in [5, 5.41) is 5.68. The number of carbonyl (C=O) groups excluding carboxylic acids is 1. The minimum absolute atomic E-state index is 0.156. The first kappa shape index (κ1) is 22.3. The maximum Gasteiger partial charge on any atom is 0.274 e. The molecule has 8 heteroatoms. The number of hydrogen-bond donors (Lipinski definition) is 1. The van der Waals surface area contributed by atoms with Gasteiger partial charge in [-0.3, -0.25) is 15.1 Å². The van der Waals surface area contributed by atoms with Gasteiger partial charge >= 0.3 is 0 Å². The van der Waals surface area contributed by atoms with E-state index in [1.54, 1.807) is 19.5 Å². The molecule has 3 aromatic heterocycles. The van der Waals surface area contributed by atoms with Crippen molar-refractivity contribution in [2.24, 2.45) is 0 Å². The van der Waals surface area contributed by atoms with Crippen LogP contribution in [0, 0.1) is 0 Å². The van der Waals surface area contributed by atoms with Gasteiger partial charge in [-0.05, 0) is 60.4 Å². The van der Waals surface area contributed by atoms with E-state index in [9.17, 15) is 4.79 Å². The fourth-order valence-electron chi connectivity index (χ4n) is 4.43. The largest absolute Gasteiger partial charge is 0.380 e. The summed E-state index contributed by atoms with van der Waals surface area (Å²) in [4.78, 5) is 24.2. The van der Waals surface area contributed by atoms with E-state index in [2.05, 4.69) is 44.8 Å². The van der Waals surface area contributed by atoms with Gasteiger partial charge in [0.05, 0.1) is 18.3 Å². The minimum Gasteiger partial charge on any atom is -0.380 e. The number of nitrogens with one attached hydrogen (secondary N) is 1. The number of anilines is 2. The molecule has 1 unspecified atom stereocenters. The normalized spacial score (nSPS) is 15.6. The highest BCUT2D eigenvalue weighted by molar-refractivity contribution is 7.14. The van der Waals surface area contributed by atoms with Crippen LogP contribution in [-0.2, 0) is 17.9 Å². The van der Waals surface area contributed by atoms with Gasteiger partial charge in [-0.1, -0.05) is 12.1 Å². The lowest BCUT2D eigenvalue weighted by Gasteiger charge is -2.25. The standard InChI is InChI=1S/C26H27N5O2S/c1-33-17-20-6-8-21(9-7-20)31-15-3-4-23(31)22-18-34-26(28-22)29-25(32)24-5-2-14-30(24)16-19-10-12-27-13-11-19/h2,5-14,18,23H,3-4,15-17H2,1H3,(H,28,29,32).